The maximum absolute atomic E-state index is 13.9. The summed E-state index contributed by atoms with van der Waals surface area (Å²) in [5.74, 6) is -0.589. The molecular weight excluding hydrogens is 468 g/mol. The largest absolute Gasteiger partial charge is 0.458 e. The van der Waals surface area contributed by atoms with Gasteiger partial charge >= 0.3 is 5.97 Å². The number of allylic oxidation sites excluding steroid dienone is 5. The van der Waals surface area contributed by atoms with Crippen LogP contribution in [0.25, 0.3) is 0 Å². The van der Waals surface area contributed by atoms with Crippen LogP contribution in [0.1, 0.15) is 58.9 Å². The fraction of sp³-hybridized carbons (Fsp3) is 0.516. The van der Waals surface area contributed by atoms with Gasteiger partial charge in [0.15, 0.2) is 12.4 Å². The van der Waals surface area contributed by atoms with Crippen LogP contribution in [0.15, 0.2) is 65.3 Å². The number of aliphatic hydroxyl groups is 1. The molecule has 6 heteroatoms. The Morgan fingerprint density at radius 3 is 2.59 bits per heavy atom. The normalized spacial score (nSPS) is 36.4. The number of ketones is 2. The summed E-state index contributed by atoms with van der Waals surface area (Å²) in [7, 11) is 0. The molecule has 0 amide bonds. The Bertz CT molecular complexity index is 1230. The molecule has 0 radical (unpaired) electrons. The highest BCUT2D eigenvalue weighted by Gasteiger charge is 2.66. The molecule has 0 heterocycles. The minimum Gasteiger partial charge on any atom is -0.458 e. The standard InChI is InChI=1S/C31H36O6/c1-19-14-23-24-11-13-31(27(35)18-36-20(2)32,37-17-21-8-6-5-7-9-21)30(24,4)16-26(34)28(23)29(3)12-10-22(33)15-25(19)29/h5-10,12,15,19,24,26,34H,11,13-14,16-18H2,1-4H3/t19?,24-,26?,29-,30-,31-/m0/s1. The zero-order chi connectivity index (χ0) is 26.6. The van der Waals surface area contributed by atoms with Gasteiger partial charge in [-0.2, -0.15) is 0 Å². The molecule has 5 rings (SSSR count). The highest BCUT2D eigenvalue weighted by atomic mass is 16.5. The van der Waals surface area contributed by atoms with Gasteiger partial charge in [-0.15, -0.1) is 0 Å². The van der Waals surface area contributed by atoms with Crippen molar-refractivity contribution in [3.8, 4) is 0 Å². The molecule has 0 saturated heterocycles. The zero-order valence-electron chi connectivity index (χ0n) is 22.1. The Labute approximate surface area is 218 Å². The number of benzene rings is 1. The zero-order valence-corrected chi connectivity index (χ0v) is 22.1. The topological polar surface area (TPSA) is 89.9 Å². The van der Waals surface area contributed by atoms with Crippen LogP contribution in [0, 0.1) is 22.7 Å². The third kappa shape index (κ3) is 3.96. The van der Waals surface area contributed by atoms with Crippen molar-refractivity contribution in [3.63, 3.8) is 0 Å². The first-order valence-corrected chi connectivity index (χ1v) is 13.2. The van der Waals surface area contributed by atoms with Gasteiger partial charge in [0.2, 0.25) is 5.78 Å². The van der Waals surface area contributed by atoms with E-state index in [2.05, 4.69) is 20.8 Å². The van der Waals surface area contributed by atoms with E-state index in [-0.39, 0.29) is 36.6 Å². The number of Topliss-reactive ketones (excluding diaryl/α,β-unsaturated/α-hetero) is 1. The van der Waals surface area contributed by atoms with Gasteiger partial charge in [-0.25, -0.2) is 0 Å². The average Bonchev–Trinajstić information content (AvgIpc) is 3.15. The molecule has 1 fully saturated rings. The van der Waals surface area contributed by atoms with Crippen LogP contribution in [0.3, 0.4) is 0 Å². The molecule has 0 bridgehead atoms. The molecule has 37 heavy (non-hydrogen) atoms. The molecule has 6 atom stereocenters. The molecule has 1 saturated carbocycles. The number of esters is 1. The van der Waals surface area contributed by atoms with Crippen LogP contribution in [0.5, 0.6) is 0 Å². The Kier molecular flexibility index (Phi) is 6.40. The number of fused-ring (bicyclic) bond motifs is 4. The van der Waals surface area contributed by atoms with Crippen LogP contribution in [0.2, 0.25) is 0 Å². The van der Waals surface area contributed by atoms with Crippen molar-refractivity contribution in [1.29, 1.82) is 0 Å². The molecule has 1 N–H and O–H groups in total. The Hall–Kier alpha value is -2.83. The van der Waals surface area contributed by atoms with Crippen molar-refractivity contribution in [3.05, 3.63) is 70.8 Å². The second-order valence-corrected chi connectivity index (χ2v) is 11.6. The van der Waals surface area contributed by atoms with Gasteiger partial charge in [0.25, 0.3) is 0 Å². The Morgan fingerprint density at radius 2 is 1.89 bits per heavy atom. The summed E-state index contributed by atoms with van der Waals surface area (Å²) in [5, 5.41) is 11.7. The predicted octanol–water partition coefficient (Wildman–Crippen LogP) is 4.66. The van der Waals surface area contributed by atoms with Gasteiger partial charge in [-0.1, -0.05) is 55.8 Å². The van der Waals surface area contributed by atoms with E-state index in [1.807, 2.05) is 36.4 Å². The van der Waals surface area contributed by atoms with Crippen LogP contribution in [-0.2, 0) is 30.5 Å². The Morgan fingerprint density at radius 1 is 1.16 bits per heavy atom. The molecule has 0 aliphatic heterocycles. The molecular formula is C31H36O6. The second kappa shape index (κ2) is 9.17. The SMILES string of the molecule is CC(=O)OCC(=O)[C@@]1(OCc2ccccc2)CC[C@H]2C3=C(C(O)C[C@@]21C)[C@@]1(C)C=CC(=O)C=C1C(C)C3. The first-order chi connectivity index (χ1) is 17.5. The van der Waals surface area contributed by atoms with Crippen molar-refractivity contribution in [2.75, 3.05) is 6.61 Å². The molecule has 196 valence electrons. The van der Waals surface area contributed by atoms with E-state index >= 15 is 0 Å². The first-order valence-electron chi connectivity index (χ1n) is 13.2. The smallest absolute Gasteiger partial charge is 0.303 e. The first kappa shape index (κ1) is 25.8. The van der Waals surface area contributed by atoms with Gasteiger partial charge in [0.05, 0.1) is 12.7 Å². The van der Waals surface area contributed by atoms with Gasteiger partial charge in [-0.05, 0) is 73.3 Å². The lowest BCUT2D eigenvalue weighted by molar-refractivity contribution is -0.178. The summed E-state index contributed by atoms with van der Waals surface area (Å²) in [5.41, 5.74) is 1.80. The van der Waals surface area contributed by atoms with Crippen molar-refractivity contribution >= 4 is 17.5 Å². The highest BCUT2D eigenvalue weighted by Crippen LogP contribution is 2.66. The quantitative estimate of drug-likeness (QED) is 0.448. The molecule has 1 aromatic rings. The third-order valence-corrected chi connectivity index (χ3v) is 9.47. The van der Waals surface area contributed by atoms with Crippen molar-refractivity contribution in [1.82, 2.24) is 0 Å². The van der Waals surface area contributed by atoms with Crippen LogP contribution < -0.4 is 0 Å². The van der Waals surface area contributed by atoms with E-state index in [4.69, 9.17) is 9.47 Å². The summed E-state index contributed by atoms with van der Waals surface area (Å²) in [6.07, 6.45) is 6.84. The fourth-order valence-electron chi connectivity index (χ4n) is 7.81. The summed E-state index contributed by atoms with van der Waals surface area (Å²) in [6, 6.07) is 9.73. The lowest BCUT2D eigenvalue weighted by Gasteiger charge is -2.55. The van der Waals surface area contributed by atoms with E-state index in [0.29, 0.717) is 12.8 Å². The van der Waals surface area contributed by atoms with E-state index in [9.17, 15) is 19.5 Å². The number of hydrogen-bond donors (Lipinski definition) is 1. The lowest BCUT2D eigenvalue weighted by atomic mass is 9.51. The van der Waals surface area contributed by atoms with Gasteiger partial charge in [0, 0.05) is 17.8 Å². The summed E-state index contributed by atoms with van der Waals surface area (Å²) in [6.45, 7) is 7.50. The maximum Gasteiger partial charge on any atom is 0.303 e. The number of hydrogen-bond acceptors (Lipinski definition) is 6. The van der Waals surface area contributed by atoms with Gasteiger partial charge in [0.1, 0.15) is 5.60 Å². The monoisotopic (exact) mass is 504 g/mol. The van der Waals surface area contributed by atoms with Crippen LogP contribution >= 0.6 is 0 Å². The lowest BCUT2D eigenvalue weighted by Crippen LogP contribution is -2.58. The molecule has 4 aliphatic carbocycles. The average molecular weight is 505 g/mol. The summed E-state index contributed by atoms with van der Waals surface area (Å²) >= 11 is 0. The van der Waals surface area contributed by atoms with E-state index in [1.54, 1.807) is 12.2 Å². The van der Waals surface area contributed by atoms with Gasteiger partial charge < -0.3 is 14.6 Å². The molecule has 4 aliphatic rings. The highest BCUT2D eigenvalue weighted by molar-refractivity contribution is 6.01. The van der Waals surface area contributed by atoms with Crippen molar-refractivity contribution in [2.24, 2.45) is 22.7 Å². The second-order valence-electron chi connectivity index (χ2n) is 11.6. The van der Waals surface area contributed by atoms with E-state index in [0.717, 1.165) is 29.6 Å². The third-order valence-electron chi connectivity index (χ3n) is 9.47. The molecule has 2 unspecified atom stereocenters. The van der Waals surface area contributed by atoms with Gasteiger partial charge in [-0.3, -0.25) is 14.4 Å². The van der Waals surface area contributed by atoms with Crippen molar-refractivity contribution in [2.45, 2.75) is 71.7 Å². The van der Waals surface area contributed by atoms with Crippen molar-refractivity contribution < 1.29 is 29.0 Å². The number of ether oxygens (including phenoxy) is 2. The minimum absolute atomic E-state index is 0.0104. The minimum atomic E-state index is -1.19. The number of rotatable bonds is 6. The number of aliphatic hydroxyl groups excluding tert-OH is 1. The Balaban J connectivity index is 1.57. The maximum atomic E-state index is 13.9. The summed E-state index contributed by atoms with van der Waals surface area (Å²) < 4.78 is 11.8. The number of carbonyl (C=O) groups is 3. The fourth-order valence-corrected chi connectivity index (χ4v) is 7.81. The molecule has 1 aromatic carbocycles. The molecule has 0 spiro atoms. The molecule has 6 nitrogen and oxygen atoms in total. The number of carbonyl (C=O) groups excluding carboxylic acids is 3. The summed E-state index contributed by atoms with van der Waals surface area (Å²) in [4.78, 5) is 37.6. The van der Waals surface area contributed by atoms with E-state index < -0.39 is 28.5 Å². The van der Waals surface area contributed by atoms with E-state index in [1.165, 1.54) is 12.5 Å². The molecule has 0 aromatic heterocycles. The van der Waals surface area contributed by atoms with Crippen LogP contribution in [-0.4, -0.2) is 41.0 Å². The predicted molar refractivity (Wildman–Crippen MR) is 138 cm³/mol. The van der Waals surface area contributed by atoms with Crippen LogP contribution in [0.4, 0.5) is 0 Å².